The summed E-state index contributed by atoms with van der Waals surface area (Å²) < 4.78 is 43.2. The highest BCUT2D eigenvalue weighted by Crippen LogP contribution is 2.30. The molecule has 1 atom stereocenters. The maximum Gasteiger partial charge on any atom is 0.417 e. The third kappa shape index (κ3) is 5.48. The quantitative estimate of drug-likeness (QED) is 0.610. The van der Waals surface area contributed by atoms with Gasteiger partial charge in [-0.1, -0.05) is 12.1 Å². The van der Waals surface area contributed by atoms with Gasteiger partial charge >= 0.3 is 12.1 Å². The van der Waals surface area contributed by atoms with E-state index in [0.717, 1.165) is 12.1 Å². The van der Waals surface area contributed by atoms with Crippen LogP contribution >= 0.6 is 0 Å². The third-order valence-corrected chi connectivity index (χ3v) is 3.67. The van der Waals surface area contributed by atoms with Crippen molar-refractivity contribution in [3.63, 3.8) is 0 Å². The summed E-state index contributed by atoms with van der Waals surface area (Å²) in [5.74, 6) is -0.474. The third-order valence-electron chi connectivity index (χ3n) is 3.67. The van der Waals surface area contributed by atoms with Gasteiger partial charge in [0.15, 0.2) is 0 Å². The molecule has 2 heterocycles. The largest absolute Gasteiger partial charge is 0.481 e. The van der Waals surface area contributed by atoms with Crippen LogP contribution in [0.3, 0.4) is 0 Å². The minimum atomic E-state index is -4.48. The fourth-order valence-electron chi connectivity index (χ4n) is 2.36. The summed E-state index contributed by atoms with van der Waals surface area (Å²) >= 11 is 0. The molecule has 0 aliphatic rings. The number of carboxylic acid groups (broad SMARTS) is 1. The lowest BCUT2D eigenvalue weighted by Crippen LogP contribution is -2.30. The predicted molar refractivity (Wildman–Crippen MR) is 92.8 cm³/mol. The van der Waals surface area contributed by atoms with Gasteiger partial charge < -0.3 is 15.6 Å². The van der Waals surface area contributed by atoms with Gasteiger partial charge in [0, 0.05) is 23.9 Å². The number of carboxylic acids is 1. The van der Waals surface area contributed by atoms with Crippen LogP contribution in [0.15, 0.2) is 42.6 Å². The standard InChI is InChI=1S/C17H15F3N6O3/c18-17(19,20)11-4-5-14(22-8-11)29-13-3-1-2-10(6-13)16-23-25-26(24-16)9-12(21)7-15(27)28/h1-6,8,12H,7,9,21H2,(H,27,28)/t12-/m1/s1. The number of rotatable bonds is 7. The number of nitrogens with two attached hydrogens (primary N) is 1. The average Bonchev–Trinajstić information content (AvgIpc) is 3.09. The van der Waals surface area contributed by atoms with Gasteiger partial charge in [0.25, 0.3) is 0 Å². The number of hydrogen-bond acceptors (Lipinski definition) is 7. The summed E-state index contributed by atoms with van der Waals surface area (Å²) in [6.45, 7) is 0.0744. The van der Waals surface area contributed by atoms with Crippen LogP contribution in [0.2, 0.25) is 0 Å². The molecule has 29 heavy (non-hydrogen) atoms. The lowest BCUT2D eigenvalue weighted by Gasteiger charge is -2.08. The number of ether oxygens (including phenoxy) is 1. The molecule has 3 N–H and O–H groups in total. The molecule has 0 spiro atoms. The van der Waals surface area contributed by atoms with E-state index < -0.39 is 23.8 Å². The highest BCUT2D eigenvalue weighted by molar-refractivity contribution is 5.67. The maximum absolute atomic E-state index is 12.6. The molecule has 0 bridgehead atoms. The Balaban J connectivity index is 1.71. The van der Waals surface area contributed by atoms with Gasteiger partial charge in [-0.2, -0.15) is 18.0 Å². The zero-order chi connectivity index (χ0) is 21.0. The number of benzene rings is 1. The lowest BCUT2D eigenvalue weighted by atomic mass is 10.2. The van der Waals surface area contributed by atoms with E-state index in [0.29, 0.717) is 17.5 Å². The lowest BCUT2D eigenvalue weighted by molar-refractivity contribution is -0.138. The molecule has 0 unspecified atom stereocenters. The molecule has 0 saturated carbocycles. The van der Waals surface area contributed by atoms with Crippen molar-refractivity contribution in [1.82, 2.24) is 25.2 Å². The number of tetrazole rings is 1. The van der Waals surface area contributed by atoms with E-state index >= 15 is 0 Å². The SMILES string of the molecule is N[C@H](CC(=O)O)Cn1nnc(-c2cccc(Oc3ccc(C(F)(F)F)cn3)c2)n1. The van der Waals surface area contributed by atoms with Crippen molar-refractivity contribution in [3.05, 3.63) is 48.2 Å². The summed E-state index contributed by atoms with van der Waals surface area (Å²) in [6.07, 6.45) is -4.02. The second-order valence-corrected chi connectivity index (χ2v) is 6.04. The molecule has 1 aromatic carbocycles. The van der Waals surface area contributed by atoms with Crippen LogP contribution in [0, 0.1) is 0 Å². The molecule has 0 saturated heterocycles. The van der Waals surface area contributed by atoms with E-state index in [4.69, 9.17) is 15.6 Å². The van der Waals surface area contributed by atoms with Gasteiger partial charge in [0.1, 0.15) is 5.75 Å². The van der Waals surface area contributed by atoms with E-state index in [2.05, 4.69) is 20.4 Å². The molecule has 3 rings (SSSR count). The summed E-state index contributed by atoms with van der Waals surface area (Å²) in [4.78, 5) is 15.5. The number of aliphatic carboxylic acids is 1. The number of nitrogens with zero attached hydrogens (tertiary/aromatic N) is 5. The van der Waals surface area contributed by atoms with Crippen LogP contribution in [-0.2, 0) is 17.5 Å². The first kappa shape index (κ1) is 20.2. The Labute approximate surface area is 161 Å². The van der Waals surface area contributed by atoms with Gasteiger partial charge in [0.05, 0.1) is 18.5 Å². The zero-order valence-electron chi connectivity index (χ0n) is 14.7. The van der Waals surface area contributed by atoms with Gasteiger partial charge in [0.2, 0.25) is 11.7 Å². The topological polar surface area (TPSA) is 129 Å². The van der Waals surface area contributed by atoms with Crippen molar-refractivity contribution in [3.8, 4) is 23.0 Å². The van der Waals surface area contributed by atoms with E-state index in [-0.39, 0.29) is 24.7 Å². The highest BCUT2D eigenvalue weighted by atomic mass is 19.4. The van der Waals surface area contributed by atoms with Crippen LogP contribution in [0.1, 0.15) is 12.0 Å². The van der Waals surface area contributed by atoms with Crippen molar-refractivity contribution in [2.75, 3.05) is 0 Å². The Kier molecular flexibility index (Phi) is 5.73. The van der Waals surface area contributed by atoms with Crippen molar-refractivity contribution in [2.24, 2.45) is 5.73 Å². The second kappa shape index (κ2) is 8.22. The normalized spacial score (nSPS) is 12.6. The van der Waals surface area contributed by atoms with Gasteiger partial charge in [-0.25, -0.2) is 4.98 Å². The number of hydrogen-bond donors (Lipinski definition) is 2. The highest BCUT2D eigenvalue weighted by Gasteiger charge is 2.30. The first-order valence-electron chi connectivity index (χ1n) is 8.27. The fourth-order valence-corrected chi connectivity index (χ4v) is 2.36. The Morgan fingerprint density at radius 3 is 2.72 bits per heavy atom. The van der Waals surface area contributed by atoms with Crippen LogP contribution in [0.4, 0.5) is 13.2 Å². The number of alkyl halides is 3. The average molecular weight is 408 g/mol. The van der Waals surface area contributed by atoms with Crippen molar-refractivity contribution >= 4 is 5.97 Å². The molecule has 2 aromatic heterocycles. The van der Waals surface area contributed by atoms with Crippen LogP contribution in [-0.4, -0.2) is 42.3 Å². The molecular weight excluding hydrogens is 393 g/mol. The van der Waals surface area contributed by atoms with Crippen LogP contribution in [0.5, 0.6) is 11.6 Å². The second-order valence-electron chi connectivity index (χ2n) is 6.04. The summed E-state index contributed by atoms with van der Waals surface area (Å²) in [7, 11) is 0. The van der Waals surface area contributed by atoms with E-state index in [9.17, 15) is 18.0 Å². The molecule has 0 aliphatic heterocycles. The van der Waals surface area contributed by atoms with E-state index in [1.54, 1.807) is 24.3 Å². The molecule has 0 fully saturated rings. The van der Waals surface area contributed by atoms with Crippen LogP contribution < -0.4 is 10.5 Å². The van der Waals surface area contributed by atoms with E-state index in [1.165, 1.54) is 4.80 Å². The van der Waals surface area contributed by atoms with Gasteiger partial charge in [-0.05, 0) is 23.4 Å². The molecule has 152 valence electrons. The smallest absolute Gasteiger partial charge is 0.417 e. The van der Waals surface area contributed by atoms with Crippen molar-refractivity contribution in [1.29, 1.82) is 0 Å². The van der Waals surface area contributed by atoms with Crippen LogP contribution in [0.25, 0.3) is 11.4 Å². The first-order valence-corrected chi connectivity index (χ1v) is 8.27. The van der Waals surface area contributed by atoms with Crippen molar-refractivity contribution < 1.29 is 27.8 Å². The minimum absolute atomic E-state index is 0.00796. The summed E-state index contributed by atoms with van der Waals surface area (Å²) in [5.41, 5.74) is 5.36. The van der Waals surface area contributed by atoms with Gasteiger partial charge in [-0.3, -0.25) is 4.79 Å². The molecule has 12 heteroatoms. The fraction of sp³-hybridized carbons (Fsp3) is 0.235. The molecule has 3 aromatic rings. The number of pyridine rings is 1. The monoisotopic (exact) mass is 408 g/mol. The number of halogens is 3. The Hall–Kier alpha value is -3.54. The minimum Gasteiger partial charge on any atom is -0.481 e. The first-order chi connectivity index (χ1) is 13.7. The number of aromatic nitrogens is 5. The Morgan fingerprint density at radius 2 is 2.07 bits per heavy atom. The summed E-state index contributed by atoms with van der Waals surface area (Å²) in [6, 6.07) is 7.81. The molecule has 0 radical (unpaired) electrons. The summed E-state index contributed by atoms with van der Waals surface area (Å²) in [5, 5.41) is 20.6. The Bertz CT molecular complexity index is 991. The maximum atomic E-state index is 12.6. The molecule has 0 amide bonds. The molecule has 9 nitrogen and oxygen atoms in total. The van der Waals surface area contributed by atoms with Gasteiger partial charge in [-0.15, -0.1) is 10.2 Å². The zero-order valence-corrected chi connectivity index (χ0v) is 14.7. The van der Waals surface area contributed by atoms with Crippen molar-refractivity contribution in [2.45, 2.75) is 25.2 Å². The molecular formula is C17H15F3N6O3. The van der Waals surface area contributed by atoms with E-state index in [1.807, 2.05) is 0 Å². The predicted octanol–water partition coefficient (Wildman–Crippen LogP) is 2.35. The number of carbonyl (C=O) groups is 1. The molecule has 0 aliphatic carbocycles. The Morgan fingerprint density at radius 1 is 1.28 bits per heavy atom.